The number of hydrogen-bond acceptors (Lipinski definition) is 5. The summed E-state index contributed by atoms with van der Waals surface area (Å²) in [5.41, 5.74) is 7.14. The zero-order chi connectivity index (χ0) is 13.8. The normalized spacial score (nSPS) is 11.6. The van der Waals surface area contributed by atoms with Crippen LogP contribution in [-0.4, -0.2) is 33.1 Å². The van der Waals surface area contributed by atoms with E-state index in [0.29, 0.717) is 23.7 Å². The van der Waals surface area contributed by atoms with Crippen molar-refractivity contribution in [3.05, 3.63) is 18.2 Å². The van der Waals surface area contributed by atoms with Crippen molar-refractivity contribution in [2.24, 2.45) is 0 Å². The van der Waals surface area contributed by atoms with Crippen molar-refractivity contribution in [2.45, 2.75) is 20.0 Å². The van der Waals surface area contributed by atoms with Gasteiger partial charge in [-0.2, -0.15) is 0 Å². The largest absolute Gasteiger partial charge is 0.489 e. The molecule has 102 valence electrons. The minimum absolute atomic E-state index is 0.0403. The summed E-state index contributed by atoms with van der Waals surface area (Å²) >= 11 is 0. The zero-order valence-electron chi connectivity index (χ0n) is 10.9. The Labute approximate surface area is 108 Å². The molecule has 1 rings (SSSR count). The summed E-state index contributed by atoms with van der Waals surface area (Å²) in [7, 11) is -2.97. The Morgan fingerprint density at radius 1 is 1.39 bits per heavy atom. The molecule has 0 amide bonds. The standard InChI is InChI=1S/C12H20N2O3S/c1-9(2)17-11-6-4-5-10(12(11)13)14-7-8-18(3,15)16/h4-6,9,14H,7-8,13H2,1-3H3. The Balaban J connectivity index is 2.72. The number of nitrogens with one attached hydrogen (secondary N) is 1. The Bertz CT molecular complexity index is 498. The van der Waals surface area contributed by atoms with E-state index in [2.05, 4.69) is 5.32 Å². The minimum atomic E-state index is -2.97. The Kier molecular flexibility index (Phi) is 4.84. The highest BCUT2D eigenvalue weighted by atomic mass is 32.2. The molecule has 0 aromatic heterocycles. The first-order valence-corrected chi connectivity index (χ1v) is 7.82. The monoisotopic (exact) mass is 272 g/mol. The van der Waals surface area contributed by atoms with Gasteiger partial charge in [0.15, 0.2) is 0 Å². The molecule has 0 aliphatic carbocycles. The van der Waals surface area contributed by atoms with Gasteiger partial charge < -0.3 is 15.8 Å². The maximum absolute atomic E-state index is 11.0. The third-order valence-electron chi connectivity index (χ3n) is 2.22. The first-order chi connectivity index (χ1) is 8.29. The van der Waals surface area contributed by atoms with E-state index in [1.165, 1.54) is 6.26 Å². The second kappa shape index (κ2) is 5.95. The van der Waals surface area contributed by atoms with Crippen LogP contribution in [0.4, 0.5) is 11.4 Å². The van der Waals surface area contributed by atoms with Crippen LogP contribution in [-0.2, 0) is 9.84 Å². The quantitative estimate of drug-likeness (QED) is 0.767. The molecule has 1 aromatic rings. The summed E-state index contributed by atoms with van der Waals surface area (Å²) in [4.78, 5) is 0. The molecule has 0 aliphatic heterocycles. The Morgan fingerprint density at radius 3 is 2.61 bits per heavy atom. The second-order valence-corrected chi connectivity index (χ2v) is 6.70. The van der Waals surface area contributed by atoms with Gasteiger partial charge in [0.25, 0.3) is 0 Å². The van der Waals surface area contributed by atoms with Crippen molar-refractivity contribution in [2.75, 3.05) is 29.6 Å². The molecular formula is C12H20N2O3S. The van der Waals surface area contributed by atoms with Gasteiger partial charge in [0, 0.05) is 12.8 Å². The highest BCUT2D eigenvalue weighted by molar-refractivity contribution is 7.90. The maximum atomic E-state index is 11.0. The topological polar surface area (TPSA) is 81.4 Å². The van der Waals surface area contributed by atoms with Crippen LogP contribution >= 0.6 is 0 Å². The summed E-state index contributed by atoms with van der Waals surface area (Å²) in [5, 5.41) is 3.00. The van der Waals surface area contributed by atoms with Crippen LogP contribution in [0, 0.1) is 0 Å². The summed E-state index contributed by atoms with van der Waals surface area (Å²) in [5.74, 6) is 0.677. The minimum Gasteiger partial charge on any atom is -0.489 e. The van der Waals surface area contributed by atoms with E-state index < -0.39 is 9.84 Å². The number of para-hydroxylation sites is 1. The summed E-state index contributed by atoms with van der Waals surface area (Å²) in [6.07, 6.45) is 1.25. The lowest BCUT2D eigenvalue weighted by Gasteiger charge is -2.15. The van der Waals surface area contributed by atoms with Crippen LogP contribution in [0.3, 0.4) is 0 Å². The van der Waals surface area contributed by atoms with E-state index in [9.17, 15) is 8.42 Å². The number of benzene rings is 1. The van der Waals surface area contributed by atoms with Crippen molar-refractivity contribution >= 4 is 21.2 Å². The molecule has 6 heteroatoms. The molecule has 0 fully saturated rings. The average Bonchev–Trinajstić information content (AvgIpc) is 2.21. The smallest absolute Gasteiger partial charge is 0.149 e. The van der Waals surface area contributed by atoms with Gasteiger partial charge in [0.2, 0.25) is 0 Å². The van der Waals surface area contributed by atoms with Crippen LogP contribution in [0.25, 0.3) is 0 Å². The molecule has 0 unspecified atom stereocenters. The zero-order valence-corrected chi connectivity index (χ0v) is 11.8. The molecule has 0 bridgehead atoms. The molecule has 0 spiro atoms. The fourth-order valence-corrected chi connectivity index (χ4v) is 1.90. The fourth-order valence-electron chi connectivity index (χ4n) is 1.43. The van der Waals surface area contributed by atoms with Gasteiger partial charge in [0.1, 0.15) is 15.6 Å². The first-order valence-electron chi connectivity index (χ1n) is 5.76. The molecule has 5 nitrogen and oxygen atoms in total. The molecule has 0 radical (unpaired) electrons. The second-order valence-electron chi connectivity index (χ2n) is 4.44. The molecule has 1 aromatic carbocycles. The third-order valence-corrected chi connectivity index (χ3v) is 3.16. The number of nitrogens with two attached hydrogens (primary N) is 1. The molecule has 0 saturated carbocycles. The lowest BCUT2D eigenvalue weighted by atomic mass is 10.2. The third kappa shape index (κ3) is 4.83. The van der Waals surface area contributed by atoms with E-state index in [1.54, 1.807) is 12.1 Å². The van der Waals surface area contributed by atoms with Gasteiger partial charge in [0.05, 0.1) is 23.2 Å². The van der Waals surface area contributed by atoms with Gasteiger partial charge >= 0.3 is 0 Å². The van der Waals surface area contributed by atoms with Crippen molar-refractivity contribution in [3.63, 3.8) is 0 Å². The van der Waals surface area contributed by atoms with Crippen LogP contribution in [0.1, 0.15) is 13.8 Å². The fraction of sp³-hybridized carbons (Fsp3) is 0.500. The molecular weight excluding hydrogens is 252 g/mol. The van der Waals surface area contributed by atoms with Crippen LogP contribution in [0.5, 0.6) is 5.75 Å². The maximum Gasteiger partial charge on any atom is 0.149 e. The summed E-state index contributed by atoms with van der Waals surface area (Å²) in [6.45, 7) is 4.17. The Morgan fingerprint density at radius 2 is 2.06 bits per heavy atom. The van der Waals surface area contributed by atoms with E-state index in [0.717, 1.165) is 0 Å². The van der Waals surface area contributed by atoms with Crippen LogP contribution in [0.15, 0.2) is 18.2 Å². The highest BCUT2D eigenvalue weighted by Gasteiger charge is 2.08. The molecule has 0 aliphatic rings. The molecule has 3 N–H and O–H groups in total. The van der Waals surface area contributed by atoms with Crippen LogP contribution in [0.2, 0.25) is 0 Å². The van der Waals surface area contributed by atoms with Crippen molar-refractivity contribution in [1.29, 1.82) is 0 Å². The Hall–Kier alpha value is -1.43. The van der Waals surface area contributed by atoms with Gasteiger partial charge in [-0.1, -0.05) is 6.07 Å². The van der Waals surface area contributed by atoms with Crippen molar-refractivity contribution < 1.29 is 13.2 Å². The average molecular weight is 272 g/mol. The van der Waals surface area contributed by atoms with Crippen molar-refractivity contribution in [3.8, 4) is 5.75 Å². The van der Waals surface area contributed by atoms with Gasteiger partial charge in [-0.05, 0) is 26.0 Å². The summed E-state index contributed by atoms with van der Waals surface area (Å²) in [6, 6.07) is 5.40. The van der Waals surface area contributed by atoms with E-state index in [1.807, 2.05) is 19.9 Å². The SMILES string of the molecule is CC(C)Oc1cccc(NCCS(C)(=O)=O)c1N. The number of sulfone groups is 1. The van der Waals surface area contributed by atoms with Gasteiger partial charge in [-0.25, -0.2) is 8.42 Å². The number of anilines is 2. The number of hydrogen-bond donors (Lipinski definition) is 2. The predicted molar refractivity (Wildman–Crippen MR) is 74.8 cm³/mol. The molecule has 0 atom stereocenters. The molecule has 0 heterocycles. The highest BCUT2D eigenvalue weighted by Crippen LogP contribution is 2.29. The lowest BCUT2D eigenvalue weighted by molar-refractivity contribution is 0.244. The van der Waals surface area contributed by atoms with Crippen LogP contribution < -0.4 is 15.8 Å². The number of ether oxygens (including phenoxy) is 1. The van der Waals surface area contributed by atoms with E-state index in [-0.39, 0.29) is 11.9 Å². The van der Waals surface area contributed by atoms with E-state index in [4.69, 9.17) is 10.5 Å². The van der Waals surface area contributed by atoms with Gasteiger partial charge in [-0.3, -0.25) is 0 Å². The van der Waals surface area contributed by atoms with Crippen molar-refractivity contribution in [1.82, 2.24) is 0 Å². The van der Waals surface area contributed by atoms with E-state index >= 15 is 0 Å². The summed E-state index contributed by atoms with van der Waals surface area (Å²) < 4.78 is 27.6. The molecule has 0 saturated heterocycles. The first kappa shape index (κ1) is 14.6. The number of nitrogen functional groups attached to an aromatic ring is 1. The predicted octanol–water partition coefficient (Wildman–Crippen LogP) is 1.51. The molecule has 18 heavy (non-hydrogen) atoms. The van der Waals surface area contributed by atoms with Gasteiger partial charge in [-0.15, -0.1) is 0 Å². The number of rotatable bonds is 6. The lowest BCUT2D eigenvalue weighted by Crippen LogP contribution is -2.15.